The molecule has 1 aliphatic rings. The van der Waals surface area contributed by atoms with Crippen molar-refractivity contribution in [3.63, 3.8) is 0 Å². The van der Waals surface area contributed by atoms with Crippen molar-refractivity contribution < 1.29 is 17.9 Å². The third-order valence-corrected chi connectivity index (χ3v) is 2.84. The van der Waals surface area contributed by atoms with Crippen molar-refractivity contribution in [1.82, 2.24) is 5.32 Å². The highest BCUT2D eigenvalue weighted by Crippen LogP contribution is 2.37. The third kappa shape index (κ3) is 3.31. The summed E-state index contributed by atoms with van der Waals surface area (Å²) in [5.74, 6) is 0.609. The molecule has 1 aliphatic heterocycles. The number of halogens is 3. The van der Waals surface area contributed by atoms with Gasteiger partial charge in [0.25, 0.3) is 0 Å². The van der Waals surface area contributed by atoms with Crippen LogP contribution in [0.25, 0.3) is 0 Å². The molecule has 1 fully saturated rings. The highest BCUT2D eigenvalue weighted by atomic mass is 32.2. The van der Waals surface area contributed by atoms with Crippen LogP contribution in [0.2, 0.25) is 0 Å². The maximum atomic E-state index is 12.0. The molecular formula is C10H10F3NOS. The first kappa shape index (κ1) is 11.6. The van der Waals surface area contributed by atoms with Crippen LogP contribution in [-0.4, -0.2) is 24.7 Å². The largest absolute Gasteiger partial charge is 0.488 e. The molecular weight excluding hydrogens is 239 g/mol. The fraction of sp³-hybridized carbons (Fsp3) is 0.400. The molecule has 1 aromatic carbocycles. The van der Waals surface area contributed by atoms with Crippen molar-refractivity contribution in [1.29, 1.82) is 0 Å². The van der Waals surface area contributed by atoms with E-state index in [0.29, 0.717) is 5.75 Å². The number of nitrogens with one attached hydrogen (secondary N) is 1. The normalized spacial score (nSPS) is 16.9. The predicted octanol–water partition coefficient (Wildman–Crippen LogP) is 2.65. The lowest BCUT2D eigenvalue weighted by Gasteiger charge is -2.27. The molecule has 0 radical (unpaired) electrons. The van der Waals surface area contributed by atoms with Gasteiger partial charge in [-0.3, -0.25) is 0 Å². The molecule has 0 bridgehead atoms. The number of hydrogen-bond acceptors (Lipinski definition) is 3. The van der Waals surface area contributed by atoms with Gasteiger partial charge in [0.15, 0.2) is 0 Å². The second-order valence-corrected chi connectivity index (χ2v) is 4.56. The molecule has 0 atom stereocenters. The van der Waals surface area contributed by atoms with Crippen molar-refractivity contribution in [2.75, 3.05) is 13.1 Å². The highest BCUT2D eigenvalue weighted by molar-refractivity contribution is 8.00. The van der Waals surface area contributed by atoms with Crippen molar-refractivity contribution in [3.8, 4) is 5.75 Å². The Morgan fingerprint density at radius 2 is 1.81 bits per heavy atom. The van der Waals surface area contributed by atoms with Crippen molar-refractivity contribution in [3.05, 3.63) is 24.3 Å². The maximum Gasteiger partial charge on any atom is 0.446 e. The van der Waals surface area contributed by atoms with Crippen LogP contribution in [0.5, 0.6) is 5.75 Å². The average molecular weight is 249 g/mol. The molecule has 0 amide bonds. The number of thioether (sulfide) groups is 1. The lowest BCUT2D eigenvalue weighted by atomic mass is 10.2. The quantitative estimate of drug-likeness (QED) is 0.832. The Balaban J connectivity index is 1.93. The van der Waals surface area contributed by atoms with Crippen molar-refractivity contribution >= 4 is 11.8 Å². The lowest BCUT2D eigenvalue weighted by molar-refractivity contribution is -0.0328. The Hall–Kier alpha value is -0.880. The molecule has 1 saturated heterocycles. The Morgan fingerprint density at radius 1 is 1.19 bits per heavy atom. The van der Waals surface area contributed by atoms with Crippen molar-refractivity contribution in [2.45, 2.75) is 16.5 Å². The van der Waals surface area contributed by atoms with Crippen LogP contribution < -0.4 is 10.1 Å². The van der Waals surface area contributed by atoms with Gasteiger partial charge >= 0.3 is 5.51 Å². The summed E-state index contributed by atoms with van der Waals surface area (Å²) in [6.07, 6.45) is 0.140. The van der Waals surface area contributed by atoms with Gasteiger partial charge in [-0.25, -0.2) is 0 Å². The van der Waals surface area contributed by atoms with E-state index in [-0.39, 0.29) is 22.8 Å². The summed E-state index contributed by atoms with van der Waals surface area (Å²) >= 11 is -0.120. The van der Waals surface area contributed by atoms with E-state index in [1.54, 1.807) is 12.1 Å². The van der Waals surface area contributed by atoms with Gasteiger partial charge in [-0.2, -0.15) is 13.2 Å². The summed E-state index contributed by atoms with van der Waals surface area (Å²) in [5.41, 5.74) is -4.24. The number of rotatable bonds is 3. The molecule has 2 nitrogen and oxygen atoms in total. The van der Waals surface area contributed by atoms with Gasteiger partial charge in [0.2, 0.25) is 0 Å². The monoisotopic (exact) mass is 249 g/mol. The van der Waals surface area contributed by atoms with Gasteiger partial charge in [-0.05, 0) is 36.0 Å². The average Bonchev–Trinajstić information content (AvgIpc) is 2.11. The van der Waals surface area contributed by atoms with E-state index in [4.69, 9.17) is 4.74 Å². The van der Waals surface area contributed by atoms with Crippen LogP contribution in [0.15, 0.2) is 29.2 Å². The third-order valence-electron chi connectivity index (χ3n) is 2.10. The number of benzene rings is 1. The first-order valence-corrected chi connectivity index (χ1v) is 5.58. The van der Waals surface area contributed by atoms with Gasteiger partial charge in [0, 0.05) is 18.0 Å². The van der Waals surface area contributed by atoms with E-state index in [2.05, 4.69) is 5.32 Å². The lowest BCUT2D eigenvalue weighted by Crippen LogP contribution is -2.50. The maximum absolute atomic E-state index is 12.0. The van der Waals surface area contributed by atoms with Crippen LogP contribution in [0.1, 0.15) is 0 Å². The van der Waals surface area contributed by atoms with Gasteiger partial charge < -0.3 is 10.1 Å². The van der Waals surface area contributed by atoms with Crippen LogP contribution >= 0.6 is 11.8 Å². The molecule has 2 rings (SSSR count). The summed E-state index contributed by atoms with van der Waals surface area (Å²) in [6, 6.07) is 5.96. The molecule has 1 N–H and O–H groups in total. The zero-order valence-corrected chi connectivity index (χ0v) is 9.07. The van der Waals surface area contributed by atoms with E-state index in [9.17, 15) is 13.2 Å². The Kier molecular flexibility index (Phi) is 3.30. The fourth-order valence-corrected chi connectivity index (χ4v) is 1.80. The van der Waals surface area contributed by atoms with Gasteiger partial charge in [-0.15, -0.1) is 0 Å². The number of ether oxygens (including phenoxy) is 1. The van der Waals surface area contributed by atoms with Crippen LogP contribution in [0, 0.1) is 0 Å². The van der Waals surface area contributed by atoms with Gasteiger partial charge in [0.05, 0.1) is 0 Å². The molecule has 0 unspecified atom stereocenters. The van der Waals surface area contributed by atoms with Crippen molar-refractivity contribution in [2.24, 2.45) is 0 Å². The molecule has 88 valence electrons. The minimum Gasteiger partial charge on any atom is -0.488 e. The standard InChI is InChI=1S/C10H10F3NOS/c11-10(12,13)16-9-3-1-7(2-4-9)15-8-5-14-6-8/h1-4,8,14H,5-6H2. The minimum atomic E-state index is -4.24. The summed E-state index contributed by atoms with van der Waals surface area (Å²) < 4.78 is 41.6. The fourth-order valence-electron chi connectivity index (χ4n) is 1.26. The Labute approximate surface area is 95.2 Å². The second kappa shape index (κ2) is 4.55. The van der Waals surface area contributed by atoms with Gasteiger partial charge in [-0.1, -0.05) is 0 Å². The SMILES string of the molecule is FC(F)(F)Sc1ccc(OC2CNC2)cc1. The Bertz CT molecular complexity index is 348. The molecule has 6 heteroatoms. The van der Waals surface area contributed by atoms with E-state index < -0.39 is 5.51 Å². The first-order valence-electron chi connectivity index (χ1n) is 4.76. The molecule has 0 saturated carbocycles. The molecule has 0 aliphatic carbocycles. The first-order chi connectivity index (χ1) is 7.53. The van der Waals surface area contributed by atoms with Gasteiger partial charge in [0.1, 0.15) is 11.9 Å². The van der Waals surface area contributed by atoms with E-state index in [1.165, 1.54) is 12.1 Å². The smallest absolute Gasteiger partial charge is 0.446 e. The number of hydrogen-bond donors (Lipinski definition) is 1. The number of alkyl halides is 3. The molecule has 1 aromatic rings. The zero-order valence-electron chi connectivity index (χ0n) is 8.25. The van der Waals surface area contributed by atoms with Crippen LogP contribution in [0.4, 0.5) is 13.2 Å². The molecule has 0 aromatic heterocycles. The summed E-state index contributed by atoms with van der Waals surface area (Å²) in [4.78, 5) is 0.173. The zero-order chi connectivity index (χ0) is 11.6. The summed E-state index contributed by atoms with van der Waals surface area (Å²) in [6.45, 7) is 1.58. The van der Waals surface area contributed by atoms with Crippen LogP contribution in [0.3, 0.4) is 0 Å². The van der Waals surface area contributed by atoms with Crippen LogP contribution in [-0.2, 0) is 0 Å². The summed E-state index contributed by atoms with van der Waals surface area (Å²) in [7, 11) is 0. The minimum absolute atomic E-state index is 0.120. The topological polar surface area (TPSA) is 21.3 Å². The summed E-state index contributed by atoms with van der Waals surface area (Å²) in [5, 5.41) is 3.05. The van der Waals surface area contributed by atoms with E-state index in [0.717, 1.165) is 13.1 Å². The molecule has 16 heavy (non-hydrogen) atoms. The predicted molar refractivity (Wildman–Crippen MR) is 55.6 cm³/mol. The second-order valence-electron chi connectivity index (χ2n) is 3.42. The van der Waals surface area contributed by atoms with E-state index in [1.807, 2.05) is 0 Å². The molecule has 0 spiro atoms. The molecule has 1 heterocycles. The van der Waals surface area contributed by atoms with E-state index >= 15 is 0 Å². The Morgan fingerprint density at radius 3 is 2.25 bits per heavy atom. The highest BCUT2D eigenvalue weighted by Gasteiger charge is 2.29.